The van der Waals surface area contributed by atoms with Gasteiger partial charge < -0.3 is 9.09 Å². The zero-order chi connectivity index (χ0) is 17.4. The van der Waals surface area contributed by atoms with Gasteiger partial charge in [-0.3, -0.25) is 0 Å². The van der Waals surface area contributed by atoms with E-state index < -0.39 is 9.84 Å². The van der Waals surface area contributed by atoms with Crippen LogP contribution in [0.4, 0.5) is 0 Å². The van der Waals surface area contributed by atoms with Gasteiger partial charge in [-0.2, -0.15) is 16.3 Å². The average Bonchev–Trinajstić information content (AvgIpc) is 3.32. The van der Waals surface area contributed by atoms with Crippen molar-refractivity contribution in [1.82, 2.24) is 24.9 Å². The van der Waals surface area contributed by atoms with Crippen molar-refractivity contribution in [3.8, 4) is 11.5 Å². The predicted octanol–water partition coefficient (Wildman–Crippen LogP) is 2.12. The fraction of sp³-hybridized carbons (Fsp3) is 0.429. The monoisotopic (exact) mass is 397 g/mol. The molecule has 0 aliphatic carbocycles. The van der Waals surface area contributed by atoms with Crippen molar-refractivity contribution in [3.63, 3.8) is 0 Å². The van der Waals surface area contributed by atoms with E-state index in [1.807, 2.05) is 28.4 Å². The first kappa shape index (κ1) is 16.7. The lowest BCUT2D eigenvalue weighted by Crippen LogP contribution is -2.09. The van der Waals surface area contributed by atoms with Gasteiger partial charge in [0.2, 0.25) is 0 Å². The molecule has 0 unspecified atom stereocenters. The molecule has 0 aromatic carbocycles. The molecule has 11 heteroatoms. The molecule has 0 radical (unpaired) electrons. The third kappa shape index (κ3) is 3.48. The van der Waals surface area contributed by atoms with Crippen molar-refractivity contribution >= 4 is 32.9 Å². The number of nitrogens with zero attached hydrogens (tertiary/aromatic N) is 5. The summed E-state index contributed by atoms with van der Waals surface area (Å²) in [5.74, 6) is 2.61. The normalized spacial score (nSPS) is 19.5. The van der Waals surface area contributed by atoms with E-state index in [2.05, 4.69) is 20.3 Å². The van der Waals surface area contributed by atoms with Gasteiger partial charge in [0.05, 0.1) is 22.8 Å². The van der Waals surface area contributed by atoms with Crippen LogP contribution in [0.3, 0.4) is 0 Å². The third-order valence-electron chi connectivity index (χ3n) is 4.03. The van der Waals surface area contributed by atoms with E-state index in [9.17, 15) is 8.42 Å². The highest BCUT2D eigenvalue weighted by Gasteiger charge is 2.32. The van der Waals surface area contributed by atoms with Gasteiger partial charge in [-0.15, -0.1) is 10.2 Å². The second-order valence-corrected chi connectivity index (χ2v) is 9.77. The summed E-state index contributed by atoms with van der Waals surface area (Å²) in [6.45, 7) is 0. The first-order valence-corrected chi connectivity index (χ1v) is 11.3. The highest BCUT2D eigenvalue weighted by Crippen LogP contribution is 2.30. The van der Waals surface area contributed by atoms with Crippen LogP contribution in [-0.2, 0) is 22.6 Å². The summed E-state index contributed by atoms with van der Waals surface area (Å²) in [6.07, 6.45) is 0.605. The van der Waals surface area contributed by atoms with E-state index in [1.165, 1.54) is 11.8 Å². The lowest BCUT2D eigenvalue weighted by molar-refractivity contribution is 0.425. The second kappa shape index (κ2) is 6.54. The van der Waals surface area contributed by atoms with Crippen molar-refractivity contribution in [2.24, 2.45) is 7.05 Å². The molecular weight excluding hydrogens is 382 g/mol. The second-order valence-electron chi connectivity index (χ2n) is 5.82. The first-order valence-electron chi connectivity index (χ1n) is 7.59. The summed E-state index contributed by atoms with van der Waals surface area (Å²) in [7, 11) is -1.09. The summed E-state index contributed by atoms with van der Waals surface area (Å²) in [6, 6.07) is 1.93. The molecule has 8 nitrogen and oxygen atoms in total. The first-order chi connectivity index (χ1) is 12.0. The highest BCUT2D eigenvalue weighted by atomic mass is 32.2. The minimum atomic E-state index is -2.94. The molecule has 25 heavy (non-hydrogen) atoms. The smallest absolute Gasteiger partial charge is 0.258 e. The zero-order valence-electron chi connectivity index (χ0n) is 13.3. The Labute approximate surface area is 152 Å². The van der Waals surface area contributed by atoms with Crippen LogP contribution in [0.5, 0.6) is 0 Å². The third-order valence-corrected chi connectivity index (χ3v) is 7.50. The molecule has 4 rings (SSSR count). The van der Waals surface area contributed by atoms with E-state index in [1.54, 1.807) is 11.3 Å². The summed E-state index contributed by atoms with van der Waals surface area (Å²) in [4.78, 5) is 4.37. The van der Waals surface area contributed by atoms with Crippen LogP contribution in [0.2, 0.25) is 0 Å². The maximum Gasteiger partial charge on any atom is 0.258 e. The number of thiophene rings is 1. The SMILES string of the molecule is Cn1c(SCc2noc(-c3ccsc3)n2)nnc1[C@H]1CCS(=O)(=O)C1. The van der Waals surface area contributed by atoms with Crippen LogP contribution < -0.4 is 0 Å². The fourth-order valence-electron chi connectivity index (χ4n) is 2.75. The molecule has 0 spiro atoms. The predicted molar refractivity (Wildman–Crippen MR) is 94.2 cm³/mol. The van der Waals surface area contributed by atoms with Gasteiger partial charge in [0.25, 0.3) is 5.89 Å². The van der Waals surface area contributed by atoms with E-state index in [4.69, 9.17) is 4.52 Å². The van der Waals surface area contributed by atoms with E-state index in [-0.39, 0.29) is 17.4 Å². The average molecular weight is 398 g/mol. The number of thioether (sulfide) groups is 1. The van der Waals surface area contributed by atoms with Crippen LogP contribution in [0, 0.1) is 0 Å². The Morgan fingerprint density at radius 3 is 3.04 bits per heavy atom. The number of sulfone groups is 1. The maximum absolute atomic E-state index is 11.7. The molecule has 3 aromatic heterocycles. The number of rotatable bonds is 5. The van der Waals surface area contributed by atoms with Crippen LogP contribution in [0.15, 0.2) is 26.5 Å². The molecule has 1 aliphatic rings. The van der Waals surface area contributed by atoms with Gasteiger partial charge in [0.15, 0.2) is 20.8 Å². The van der Waals surface area contributed by atoms with E-state index in [0.29, 0.717) is 29.0 Å². The summed E-state index contributed by atoms with van der Waals surface area (Å²) in [5, 5.41) is 17.0. The molecule has 1 aliphatic heterocycles. The molecule has 3 aromatic rings. The fourth-order valence-corrected chi connectivity index (χ4v) is 5.88. The lowest BCUT2D eigenvalue weighted by Gasteiger charge is -2.07. The molecule has 0 amide bonds. The van der Waals surface area contributed by atoms with Crippen molar-refractivity contribution < 1.29 is 12.9 Å². The van der Waals surface area contributed by atoms with Crippen molar-refractivity contribution in [3.05, 3.63) is 28.5 Å². The molecular formula is C14H15N5O3S3. The minimum Gasteiger partial charge on any atom is -0.334 e. The van der Waals surface area contributed by atoms with Gasteiger partial charge in [-0.1, -0.05) is 16.9 Å². The summed E-state index contributed by atoms with van der Waals surface area (Å²) >= 11 is 3.02. The minimum absolute atomic E-state index is 0.0766. The summed E-state index contributed by atoms with van der Waals surface area (Å²) < 4.78 is 30.4. The molecule has 1 atom stereocenters. The standard InChI is InChI=1S/C14H15N5O3S3/c1-19-12(10-3-5-25(20,21)8-10)16-17-14(19)24-7-11-15-13(22-18-11)9-2-4-23-6-9/h2,4,6,10H,3,5,7-8H2,1H3/t10-/m0/s1. The van der Waals surface area contributed by atoms with Gasteiger partial charge in [0.1, 0.15) is 5.82 Å². The molecule has 1 saturated heterocycles. The molecule has 1 fully saturated rings. The summed E-state index contributed by atoms with van der Waals surface area (Å²) in [5.41, 5.74) is 0.914. The lowest BCUT2D eigenvalue weighted by atomic mass is 10.1. The Kier molecular flexibility index (Phi) is 4.38. The Morgan fingerprint density at radius 1 is 1.44 bits per heavy atom. The van der Waals surface area contributed by atoms with Crippen LogP contribution in [-0.4, -0.2) is 44.8 Å². The molecule has 0 saturated carbocycles. The maximum atomic E-state index is 11.7. The quantitative estimate of drug-likeness (QED) is 0.603. The largest absolute Gasteiger partial charge is 0.334 e. The van der Waals surface area contributed by atoms with Gasteiger partial charge in [0, 0.05) is 18.3 Å². The van der Waals surface area contributed by atoms with E-state index in [0.717, 1.165) is 11.4 Å². The number of hydrogen-bond donors (Lipinski definition) is 0. The van der Waals surface area contributed by atoms with Gasteiger partial charge >= 0.3 is 0 Å². The van der Waals surface area contributed by atoms with Crippen molar-refractivity contribution in [1.29, 1.82) is 0 Å². The number of hydrogen-bond acceptors (Lipinski definition) is 9. The topological polar surface area (TPSA) is 104 Å². The van der Waals surface area contributed by atoms with Crippen LogP contribution in [0.25, 0.3) is 11.5 Å². The van der Waals surface area contributed by atoms with E-state index >= 15 is 0 Å². The Balaban J connectivity index is 1.44. The number of aromatic nitrogens is 5. The molecule has 4 heterocycles. The Morgan fingerprint density at radius 2 is 2.32 bits per heavy atom. The van der Waals surface area contributed by atoms with Crippen molar-refractivity contribution in [2.45, 2.75) is 23.2 Å². The Bertz CT molecular complexity index is 977. The van der Waals surface area contributed by atoms with Gasteiger partial charge in [-0.05, 0) is 17.9 Å². The zero-order valence-corrected chi connectivity index (χ0v) is 15.8. The van der Waals surface area contributed by atoms with Gasteiger partial charge in [-0.25, -0.2) is 8.42 Å². The highest BCUT2D eigenvalue weighted by molar-refractivity contribution is 7.98. The molecule has 132 valence electrons. The Hall–Kier alpha value is -1.72. The van der Waals surface area contributed by atoms with Crippen molar-refractivity contribution in [2.75, 3.05) is 11.5 Å². The van der Waals surface area contributed by atoms with Crippen LogP contribution in [0.1, 0.15) is 24.0 Å². The molecule has 0 bridgehead atoms. The molecule has 0 N–H and O–H groups in total. The van der Waals surface area contributed by atoms with Crippen LogP contribution >= 0.6 is 23.1 Å².